The number of rotatable bonds is 5. The van der Waals surface area contributed by atoms with Crippen LogP contribution in [0, 0.1) is 5.41 Å². The lowest BCUT2D eigenvalue weighted by Gasteiger charge is -2.41. The van der Waals surface area contributed by atoms with Gasteiger partial charge >= 0.3 is 0 Å². The van der Waals surface area contributed by atoms with E-state index in [4.69, 9.17) is 19.9 Å². The summed E-state index contributed by atoms with van der Waals surface area (Å²) >= 11 is 0. The highest BCUT2D eigenvalue weighted by atomic mass is 32.2. The van der Waals surface area contributed by atoms with Gasteiger partial charge in [0, 0.05) is 31.3 Å². The topological polar surface area (TPSA) is 91.1 Å². The van der Waals surface area contributed by atoms with Crippen LogP contribution in [0.2, 0.25) is 0 Å². The molecule has 1 saturated heterocycles. The van der Waals surface area contributed by atoms with Crippen LogP contribution in [-0.4, -0.2) is 53.2 Å². The molecule has 2 rings (SSSR count). The molecule has 0 aliphatic carbocycles. The molecule has 1 unspecified atom stereocenters. The van der Waals surface area contributed by atoms with Crippen LogP contribution in [0.1, 0.15) is 20.3 Å². The second-order valence-corrected chi connectivity index (χ2v) is 8.46. The third-order valence-corrected chi connectivity index (χ3v) is 6.45. The number of methoxy groups -OCH3 is 3. The van der Waals surface area contributed by atoms with Crippen molar-refractivity contribution in [3.05, 3.63) is 12.1 Å². The first-order valence-corrected chi connectivity index (χ1v) is 9.17. The quantitative estimate of drug-likeness (QED) is 0.857. The van der Waals surface area contributed by atoms with Crippen molar-refractivity contribution in [2.45, 2.75) is 31.2 Å². The molecular formula is C16H26N2O5S. The van der Waals surface area contributed by atoms with Crippen LogP contribution in [0.25, 0.3) is 0 Å². The summed E-state index contributed by atoms with van der Waals surface area (Å²) in [5.74, 6) is 0.849. The van der Waals surface area contributed by atoms with E-state index in [-0.39, 0.29) is 27.9 Å². The molecule has 1 aromatic rings. The maximum atomic E-state index is 13.2. The van der Waals surface area contributed by atoms with Crippen LogP contribution < -0.4 is 19.9 Å². The van der Waals surface area contributed by atoms with Crippen LogP contribution in [0.15, 0.2) is 17.0 Å². The maximum Gasteiger partial charge on any atom is 0.250 e. The molecule has 0 bridgehead atoms. The molecule has 0 spiro atoms. The number of ether oxygens (including phenoxy) is 3. The van der Waals surface area contributed by atoms with E-state index in [0.717, 1.165) is 0 Å². The minimum absolute atomic E-state index is 0.0135. The van der Waals surface area contributed by atoms with Gasteiger partial charge in [0.25, 0.3) is 10.0 Å². The zero-order chi connectivity index (χ0) is 18.1. The normalized spacial score (nSPS) is 21.3. The zero-order valence-electron chi connectivity index (χ0n) is 14.8. The van der Waals surface area contributed by atoms with E-state index in [1.165, 1.54) is 37.8 Å². The molecule has 24 heavy (non-hydrogen) atoms. The van der Waals surface area contributed by atoms with Gasteiger partial charge in [0.05, 0.1) is 21.3 Å². The summed E-state index contributed by atoms with van der Waals surface area (Å²) < 4.78 is 43.7. The number of piperidine rings is 1. The van der Waals surface area contributed by atoms with E-state index < -0.39 is 10.0 Å². The SMILES string of the molecule is COc1cc(OC)c(S(=O)(=O)N2CCC(N)C(C)(C)C2)c(OC)c1. The minimum Gasteiger partial charge on any atom is -0.496 e. The number of benzene rings is 1. The van der Waals surface area contributed by atoms with E-state index in [1.54, 1.807) is 0 Å². The van der Waals surface area contributed by atoms with Crippen LogP contribution in [-0.2, 0) is 10.0 Å². The Morgan fingerprint density at radius 2 is 1.67 bits per heavy atom. The van der Waals surface area contributed by atoms with Gasteiger partial charge in [0.1, 0.15) is 17.2 Å². The van der Waals surface area contributed by atoms with Gasteiger partial charge in [-0.25, -0.2) is 8.42 Å². The van der Waals surface area contributed by atoms with Gasteiger partial charge < -0.3 is 19.9 Å². The third kappa shape index (κ3) is 3.31. The summed E-state index contributed by atoms with van der Waals surface area (Å²) in [7, 11) is 0.542. The highest BCUT2D eigenvalue weighted by Crippen LogP contribution is 2.41. The van der Waals surface area contributed by atoms with Crippen LogP contribution in [0.3, 0.4) is 0 Å². The lowest BCUT2D eigenvalue weighted by molar-refractivity contribution is 0.155. The Morgan fingerprint density at radius 3 is 2.08 bits per heavy atom. The molecule has 1 fully saturated rings. The lowest BCUT2D eigenvalue weighted by Crippen LogP contribution is -2.53. The van der Waals surface area contributed by atoms with Gasteiger partial charge in [0.15, 0.2) is 4.90 Å². The molecule has 8 heteroatoms. The van der Waals surface area contributed by atoms with Crippen molar-refractivity contribution in [1.29, 1.82) is 0 Å². The Hall–Kier alpha value is -1.51. The molecule has 0 amide bonds. The molecule has 7 nitrogen and oxygen atoms in total. The fourth-order valence-electron chi connectivity index (χ4n) is 2.89. The lowest BCUT2D eigenvalue weighted by atomic mass is 9.81. The molecule has 0 saturated carbocycles. The zero-order valence-corrected chi connectivity index (χ0v) is 15.6. The number of nitrogens with zero attached hydrogens (tertiary/aromatic N) is 1. The molecular weight excluding hydrogens is 332 g/mol. The van der Waals surface area contributed by atoms with Gasteiger partial charge in [-0.1, -0.05) is 13.8 Å². The summed E-state index contributed by atoms with van der Waals surface area (Å²) in [6, 6.07) is 3.04. The second-order valence-electron chi connectivity index (χ2n) is 6.58. The van der Waals surface area contributed by atoms with Gasteiger partial charge in [0.2, 0.25) is 0 Å². The van der Waals surface area contributed by atoms with Gasteiger partial charge in [-0.3, -0.25) is 0 Å². The summed E-state index contributed by atoms with van der Waals surface area (Å²) in [5, 5.41) is 0. The molecule has 1 heterocycles. The molecule has 0 aromatic heterocycles. The van der Waals surface area contributed by atoms with E-state index in [1.807, 2.05) is 13.8 Å². The van der Waals surface area contributed by atoms with Gasteiger partial charge in [-0.2, -0.15) is 4.31 Å². The van der Waals surface area contributed by atoms with Crippen molar-refractivity contribution >= 4 is 10.0 Å². The Kier molecular flexibility index (Phi) is 5.31. The molecule has 2 N–H and O–H groups in total. The smallest absolute Gasteiger partial charge is 0.250 e. The van der Waals surface area contributed by atoms with Crippen LogP contribution >= 0.6 is 0 Å². The highest BCUT2D eigenvalue weighted by molar-refractivity contribution is 7.89. The van der Waals surface area contributed by atoms with Gasteiger partial charge in [-0.05, 0) is 11.8 Å². The summed E-state index contributed by atoms with van der Waals surface area (Å²) in [6.07, 6.45) is 0.604. The molecule has 1 aliphatic rings. The largest absolute Gasteiger partial charge is 0.496 e. The Morgan fingerprint density at radius 1 is 1.12 bits per heavy atom. The molecule has 1 aliphatic heterocycles. The fourth-order valence-corrected chi connectivity index (χ4v) is 4.79. The van der Waals surface area contributed by atoms with Crippen LogP contribution in [0.5, 0.6) is 17.2 Å². The van der Waals surface area contributed by atoms with E-state index in [2.05, 4.69) is 0 Å². The summed E-state index contributed by atoms with van der Waals surface area (Å²) in [5.41, 5.74) is 5.81. The van der Waals surface area contributed by atoms with E-state index in [9.17, 15) is 8.42 Å². The Bertz CT molecular complexity index is 677. The molecule has 1 aromatic carbocycles. The third-order valence-electron chi connectivity index (χ3n) is 4.54. The van der Waals surface area contributed by atoms with Crippen molar-refractivity contribution in [3.8, 4) is 17.2 Å². The van der Waals surface area contributed by atoms with E-state index in [0.29, 0.717) is 25.3 Å². The van der Waals surface area contributed by atoms with E-state index >= 15 is 0 Å². The predicted molar refractivity (Wildman–Crippen MR) is 91.2 cm³/mol. The first-order chi connectivity index (χ1) is 11.2. The number of hydrogen-bond acceptors (Lipinski definition) is 6. The Balaban J connectivity index is 2.53. The van der Waals surface area contributed by atoms with Crippen molar-refractivity contribution in [2.75, 3.05) is 34.4 Å². The number of sulfonamides is 1. The monoisotopic (exact) mass is 358 g/mol. The average Bonchev–Trinajstić information content (AvgIpc) is 2.55. The minimum atomic E-state index is -3.79. The van der Waals surface area contributed by atoms with Crippen molar-refractivity contribution < 1.29 is 22.6 Å². The maximum absolute atomic E-state index is 13.2. The first-order valence-electron chi connectivity index (χ1n) is 7.73. The van der Waals surface area contributed by atoms with Crippen molar-refractivity contribution in [2.24, 2.45) is 11.1 Å². The van der Waals surface area contributed by atoms with Crippen LogP contribution in [0.4, 0.5) is 0 Å². The van der Waals surface area contributed by atoms with Crippen molar-refractivity contribution in [3.63, 3.8) is 0 Å². The highest BCUT2D eigenvalue weighted by Gasteiger charge is 2.41. The first kappa shape index (κ1) is 18.8. The number of nitrogens with two attached hydrogens (primary N) is 1. The fraction of sp³-hybridized carbons (Fsp3) is 0.625. The molecule has 136 valence electrons. The Labute approximate surface area is 143 Å². The summed E-state index contributed by atoms with van der Waals surface area (Å²) in [4.78, 5) is 0.0135. The number of hydrogen-bond donors (Lipinski definition) is 1. The average molecular weight is 358 g/mol. The molecule has 1 atom stereocenters. The predicted octanol–water partition coefficient (Wildman–Crippen LogP) is 1.46. The van der Waals surface area contributed by atoms with Gasteiger partial charge in [-0.15, -0.1) is 0 Å². The molecule has 0 radical (unpaired) electrons. The second kappa shape index (κ2) is 6.78. The standard InChI is InChI=1S/C16H26N2O5S/c1-16(2)10-18(7-6-14(16)17)24(19,20)15-12(22-4)8-11(21-3)9-13(15)23-5/h8-9,14H,6-7,10,17H2,1-5H3. The van der Waals surface area contributed by atoms with Crippen molar-refractivity contribution in [1.82, 2.24) is 4.31 Å². The summed E-state index contributed by atoms with van der Waals surface area (Å²) in [6.45, 7) is 4.66.